The number of nitrogens with one attached hydrogen (secondary N) is 2. The molecule has 1 fully saturated rings. The van der Waals surface area contributed by atoms with Crippen LogP contribution in [0.25, 0.3) is 0 Å². The van der Waals surface area contributed by atoms with Gasteiger partial charge in [-0.05, 0) is 44.4 Å². The molecule has 0 spiro atoms. The van der Waals surface area contributed by atoms with Crippen molar-refractivity contribution in [3.63, 3.8) is 0 Å². The van der Waals surface area contributed by atoms with Gasteiger partial charge in [-0.3, -0.25) is 4.99 Å². The Bertz CT molecular complexity index is 525. The Kier molecular flexibility index (Phi) is 8.72. The van der Waals surface area contributed by atoms with Gasteiger partial charge in [0.25, 0.3) is 0 Å². The van der Waals surface area contributed by atoms with Crippen LogP contribution in [0.15, 0.2) is 33.7 Å². The van der Waals surface area contributed by atoms with Gasteiger partial charge in [0.1, 0.15) is 0 Å². The first-order chi connectivity index (χ1) is 12.1. The lowest BCUT2D eigenvalue weighted by atomic mass is 10.1. The number of guanidine groups is 1. The molecule has 2 rings (SSSR count). The minimum absolute atomic E-state index is 0.319. The summed E-state index contributed by atoms with van der Waals surface area (Å²) in [6, 6.07) is 8.83. The highest BCUT2D eigenvalue weighted by molar-refractivity contribution is 9.10. The Hall–Kier alpha value is -1.11. The van der Waals surface area contributed by atoms with Crippen LogP contribution in [0.3, 0.4) is 0 Å². The molecule has 2 N–H and O–H groups in total. The molecule has 0 aliphatic carbocycles. The summed E-state index contributed by atoms with van der Waals surface area (Å²) < 4.78 is 6.75. The van der Waals surface area contributed by atoms with Gasteiger partial charge in [0.2, 0.25) is 0 Å². The lowest BCUT2D eigenvalue weighted by Gasteiger charge is -2.33. The van der Waals surface area contributed by atoms with Gasteiger partial charge in [-0.15, -0.1) is 0 Å². The van der Waals surface area contributed by atoms with Gasteiger partial charge < -0.3 is 20.3 Å². The largest absolute Gasteiger partial charge is 0.377 e. The molecule has 1 saturated heterocycles. The Morgan fingerprint density at radius 2 is 1.96 bits per heavy atom. The molecule has 0 atom stereocenters. The first kappa shape index (κ1) is 20.2. The van der Waals surface area contributed by atoms with E-state index in [1.54, 1.807) is 0 Å². The van der Waals surface area contributed by atoms with E-state index in [4.69, 9.17) is 4.74 Å². The summed E-state index contributed by atoms with van der Waals surface area (Å²) in [7, 11) is 1.83. The van der Waals surface area contributed by atoms with E-state index in [9.17, 15) is 0 Å². The van der Waals surface area contributed by atoms with Crippen LogP contribution in [0.2, 0.25) is 0 Å². The van der Waals surface area contributed by atoms with E-state index in [2.05, 4.69) is 74.6 Å². The number of rotatable bonds is 7. The Labute approximate surface area is 160 Å². The van der Waals surface area contributed by atoms with Gasteiger partial charge in [0.05, 0.1) is 12.7 Å². The maximum atomic E-state index is 5.65. The van der Waals surface area contributed by atoms with Gasteiger partial charge in [-0.25, -0.2) is 0 Å². The molecule has 140 valence electrons. The van der Waals surface area contributed by atoms with E-state index in [1.807, 2.05) is 7.05 Å². The summed E-state index contributed by atoms with van der Waals surface area (Å²) >= 11 is 3.46. The van der Waals surface area contributed by atoms with Gasteiger partial charge in [0, 0.05) is 43.7 Å². The number of hydrogen-bond donors (Lipinski definition) is 2. The summed E-state index contributed by atoms with van der Waals surface area (Å²) in [5.41, 5.74) is 1.24. The molecule has 1 aliphatic heterocycles. The van der Waals surface area contributed by atoms with E-state index in [0.29, 0.717) is 12.1 Å². The number of halogens is 1. The molecule has 0 bridgehead atoms. The van der Waals surface area contributed by atoms with Crippen LogP contribution in [-0.4, -0.2) is 56.3 Å². The van der Waals surface area contributed by atoms with Crippen LogP contribution >= 0.6 is 15.9 Å². The van der Waals surface area contributed by atoms with Crippen molar-refractivity contribution in [2.45, 2.75) is 45.4 Å². The number of benzene rings is 1. The van der Waals surface area contributed by atoms with Gasteiger partial charge in [-0.2, -0.15) is 0 Å². The molecule has 5 nitrogen and oxygen atoms in total. The third-order valence-electron chi connectivity index (χ3n) is 4.38. The van der Waals surface area contributed by atoms with Gasteiger partial charge >= 0.3 is 0 Å². The molecule has 1 aromatic rings. The lowest BCUT2D eigenvalue weighted by molar-refractivity contribution is 0.0532. The highest BCUT2D eigenvalue weighted by atomic mass is 79.9. The predicted molar refractivity (Wildman–Crippen MR) is 108 cm³/mol. The van der Waals surface area contributed by atoms with Crippen molar-refractivity contribution in [3.8, 4) is 0 Å². The van der Waals surface area contributed by atoms with Crippen molar-refractivity contribution in [2.24, 2.45) is 4.99 Å². The van der Waals surface area contributed by atoms with Crippen molar-refractivity contribution in [1.82, 2.24) is 15.5 Å². The molecule has 0 unspecified atom stereocenters. The lowest BCUT2D eigenvalue weighted by Crippen LogP contribution is -2.49. The van der Waals surface area contributed by atoms with E-state index in [0.717, 1.165) is 56.1 Å². The number of piperidine rings is 1. The Morgan fingerprint density at radius 3 is 2.56 bits per heavy atom. The molecule has 0 aromatic heterocycles. The first-order valence-electron chi connectivity index (χ1n) is 9.12. The molecule has 0 radical (unpaired) electrons. The number of nitrogens with zero attached hydrogens (tertiary/aromatic N) is 2. The summed E-state index contributed by atoms with van der Waals surface area (Å²) in [6.45, 7) is 9.03. The second-order valence-electron chi connectivity index (χ2n) is 6.73. The van der Waals surface area contributed by atoms with Crippen LogP contribution in [0.1, 0.15) is 32.3 Å². The maximum Gasteiger partial charge on any atom is 0.191 e. The number of aliphatic imine (C=N–C) groups is 1. The fourth-order valence-corrected chi connectivity index (χ4v) is 3.16. The molecule has 25 heavy (non-hydrogen) atoms. The number of ether oxygens (including phenoxy) is 1. The Morgan fingerprint density at radius 1 is 1.28 bits per heavy atom. The smallest absolute Gasteiger partial charge is 0.191 e. The van der Waals surface area contributed by atoms with Crippen molar-refractivity contribution in [3.05, 3.63) is 34.3 Å². The number of hydrogen-bond acceptors (Lipinski definition) is 3. The third-order valence-corrected chi connectivity index (χ3v) is 4.91. The van der Waals surface area contributed by atoms with Crippen LogP contribution in [-0.2, 0) is 11.3 Å². The SMILES string of the molecule is CN=C(NCc1ccc(Br)cc1)NC1CCN(CCOC(C)C)CC1. The topological polar surface area (TPSA) is 48.9 Å². The fourth-order valence-electron chi connectivity index (χ4n) is 2.89. The average molecular weight is 411 g/mol. The van der Waals surface area contributed by atoms with Crippen LogP contribution in [0.5, 0.6) is 0 Å². The van der Waals surface area contributed by atoms with E-state index in [-0.39, 0.29) is 0 Å². The second-order valence-corrected chi connectivity index (χ2v) is 7.65. The summed E-state index contributed by atoms with van der Waals surface area (Å²) in [5, 5.41) is 6.95. The summed E-state index contributed by atoms with van der Waals surface area (Å²) in [6.07, 6.45) is 2.60. The fraction of sp³-hybridized carbons (Fsp3) is 0.632. The predicted octanol–water partition coefficient (Wildman–Crippen LogP) is 3.00. The zero-order valence-corrected chi connectivity index (χ0v) is 17.2. The summed E-state index contributed by atoms with van der Waals surface area (Å²) in [4.78, 5) is 6.84. The molecule has 1 aliphatic rings. The normalized spacial score (nSPS) is 17.1. The van der Waals surface area contributed by atoms with Crippen LogP contribution in [0, 0.1) is 0 Å². The minimum atomic E-state index is 0.319. The van der Waals surface area contributed by atoms with E-state index < -0.39 is 0 Å². The standard InChI is InChI=1S/C19H31BrN4O/c1-15(2)25-13-12-24-10-8-18(9-11-24)23-19(21-3)22-14-16-4-6-17(20)7-5-16/h4-7,15,18H,8-14H2,1-3H3,(H2,21,22,23). The van der Waals surface area contributed by atoms with Gasteiger partial charge in [-0.1, -0.05) is 28.1 Å². The van der Waals surface area contributed by atoms with Crippen molar-refractivity contribution in [2.75, 3.05) is 33.3 Å². The molecule has 1 aromatic carbocycles. The molecule has 1 heterocycles. The first-order valence-corrected chi connectivity index (χ1v) is 9.91. The van der Waals surface area contributed by atoms with Gasteiger partial charge in [0.15, 0.2) is 5.96 Å². The van der Waals surface area contributed by atoms with Crippen LogP contribution < -0.4 is 10.6 Å². The molecule has 0 saturated carbocycles. The van der Waals surface area contributed by atoms with E-state index in [1.165, 1.54) is 5.56 Å². The van der Waals surface area contributed by atoms with Crippen molar-refractivity contribution in [1.29, 1.82) is 0 Å². The van der Waals surface area contributed by atoms with Crippen molar-refractivity contribution < 1.29 is 4.74 Å². The molecular formula is C19H31BrN4O. The zero-order valence-electron chi connectivity index (χ0n) is 15.6. The highest BCUT2D eigenvalue weighted by Crippen LogP contribution is 2.11. The van der Waals surface area contributed by atoms with E-state index >= 15 is 0 Å². The number of likely N-dealkylation sites (tertiary alicyclic amines) is 1. The molecule has 0 amide bonds. The second kappa shape index (κ2) is 10.8. The monoisotopic (exact) mass is 410 g/mol. The summed E-state index contributed by atoms with van der Waals surface area (Å²) in [5.74, 6) is 0.879. The maximum absolute atomic E-state index is 5.65. The van der Waals surface area contributed by atoms with Crippen molar-refractivity contribution >= 4 is 21.9 Å². The molecular weight excluding hydrogens is 380 g/mol. The zero-order chi connectivity index (χ0) is 18.1. The minimum Gasteiger partial charge on any atom is -0.377 e. The quantitative estimate of drug-likeness (QED) is 0.535. The van der Waals surface area contributed by atoms with Crippen LogP contribution in [0.4, 0.5) is 0 Å². The Balaban J connectivity index is 1.67. The average Bonchev–Trinajstić information content (AvgIpc) is 2.61. The molecule has 6 heteroatoms. The third kappa shape index (κ3) is 7.75. The highest BCUT2D eigenvalue weighted by Gasteiger charge is 2.19.